The highest BCUT2D eigenvalue weighted by atomic mass is 32.1. The number of nitrogens with zero attached hydrogens (tertiary/aromatic N) is 5. The average molecular weight is 420 g/mol. The molecule has 0 saturated carbocycles. The summed E-state index contributed by atoms with van der Waals surface area (Å²) in [5, 5.41) is 45.4. The summed E-state index contributed by atoms with van der Waals surface area (Å²) in [7, 11) is 3.21. The van der Waals surface area contributed by atoms with E-state index in [0.717, 1.165) is 23.4 Å². The van der Waals surface area contributed by atoms with Crippen LogP contribution in [0.4, 0.5) is 0 Å². The lowest BCUT2D eigenvalue weighted by molar-refractivity contribution is 0.360. The predicted octanol–water partition coefficient (Wildman–Crippen LogP) is -0.0262. The standard InChI is InChI=1S/C17H29N11S/c1-12(27(10-18)16(20)22-3)24-7-5-14-9-15(29-26-14)6-8-25-13(2)28(11-19)17(21)23-4/h9,12-13,24-25H,5-8H2,1-4H3,(H2,20,22)(H2,21,23). The average Bonchev–Trinajstić information content (AvgIpc) is 3.16. The molecule has 29 heavy (non-hydrogen) atoms. The SMILES string of the molecule is CNC(=N)N(C#N)C(C)NCCc1cc(CCNC(C)N(C#N)C(=N)NC)sn1. The number of aromatic nitrogens is 1. The van der Waals surface area contributed by atoms with Crippen molar-refractivity contribution in [3.8, 4) is 12.4 Å². The quantitative estimate of drug-likeness (QED) is 0.100. The smallest absolute Gasteiger partial charge is 0.205 e. The molecular weight excluding hydrogens is 390 g/mol. The first-order valence-electron chi connectivity index (χ1n) is 9.19. The molecule has 6 N–H and O–H groups in total. The molecule has 0 radical (unpaired) electrons. The van der Waals surface area contributed by atoms with Gasteiger partial charge >= 0.3 is 0 Å². The summed E-state index contributed by atoms with van der Waals surface area (Å²) in [5.41, 5.74) is 0.973. The van der Waals surface area contributed by atoms with Crippen molar-refractivity contribution in [3.63, 3.8) is 0 Å². The molecule has 0 bridgehead atoms. The minimum atomic E-state index is -0.289. The second-order valence-electron chi connectivity index (χ2n) is 6.18. The molecule has 1 heterocycles. The third-order valence-corrected chi connectivity index (χ3v) is 5.07. The molecule has 0 spiro atoms. The molecule has 1 aromatic rings. The van der Waals surface area contributed by atoms with Gasteiger partial charge in [-0.15, -0.1) is 0 Å². The van der Waals surface area contributed by atoms with E-state index in [9.17, 15) is 0 Å². The van der Waals surface area contributed by atoms with Gasteiger partial charge in [0.2, 0.25) is 11.9 Å². The second-order valence-corrected chi connectivity index (χ2v) is 7.07. The van der Waals surface area contributed by atoms with Gasteiger partial charge in [-0.25, -0.2) is 9.80 Å². The largest absolute Gasteiger partial charge is 0.359 e. The number of nitriles is 2. The number of hydrogen-bond acceptors (Lipinski definition) is 8. The molecule has 0 saturated heterocycles. The molecular formula is C17H29N11S. The van der Waals surface area contributed by atoms with Crippen LogP contribution in [-0.2, 0) is 12.8 Å². The van der Waals surface area contributed by atoms with E-state index < -0.39 is 0 Å². The number of nitrogens with one attached hydrogen (secondary N) is 6. The van der Waals surface area contributed by atoms with Gasteiger partial charge in [0.25, 0.3) is 0 Å². The van der Waals surface area contributed by atoms with E-state index in [1.54, 1.807) is 14.1 Å². The van der Waals surface area contributed by atoms with Crippen molar-refractivity contribution in [2.75, 3.05) is 27.2 Å². The molecule has 2 atom stereocenters. The van der Waals surface area contributed by atoms with Gasteiger partial charge in [-0.3, -0.25) is 21.5 Å². The minimum Gasteiger partial charge on any atom is -0.359 e. The fourth-order valence-corrected chi connectivity index (χ4v) is 3.25. The van der Waals surface area contributed by atoms with Gasteiger partial charge in [0.15, 0.2) is 12.4 Å². The Bertz CT molecular complexity index is 687. The van der Waals surface area contributed by atoms with Crippen molar-refractivity contribution in [1.82, 2.24) is 35.4 Å². The topological polar surface area (TPSA) is 163 Å². The van der Waals surface area contributed by atoms with Crippen molar-refractivity contribution >= 4 is 23.5 Å². The highest BCUT2D eigenvalue weighted by Crippen LogP contribution is 2.11. The zero-order valence-corrected chi connectivity index (χ0v) is 18.0. The molecule has 0 aliphatic carbocycles. The lowest BCUT2D eigenvalue weighted by atomic mass is 10.2. The molecule has 11 nitrogen and oxygen atoms in total. The van der Waals surface area contributed by atoms with Crippen LogP contribution >= 0.6 is 11.5 Å². The Kier molecular flexibility index (Phi) is 10.4. The van der Waals surface area contributed by atoms with Crippen molar-refractivity contribution < 1.29 is 0 Å². The van der Waals surface area contributed by atoms with Crippen LogP contribution in [0.15, 0.2) is 6.07 Å². The summed E-state index contributed by atoms with van der Waals surface area (Å²) in [5.74, 6) is 0.0964. The van der Waals surface area contributed by atoms with E-state index in [4.69, 9.17) is 21.3 Å². The van der Waals surface area contributed by atoms with E-state index in [1.807, 2.05) is 26.2 Å². The number of rotatable bonds is 10. The summed E-state index contributed by atoms with van der Waals surface area (Å²) >= 11 is 1.45. The molecule has 0 aliphatic heterocycles. The summed E-state index contributed by atoms with van der Waals surface area (Å²) in [6, 6.07) is 2.05. The Morgan fingerprint density at radius 2 is 1.52 bits per heavy atom. The third kappa shape index (κ3) is 7.54. The van der Waals surface area contributed by atoms with Gasteiger partial charge in [-0.1, -0.05) is 0 Å². The van der Waals surface area contributed by atoms with E-state index in [-0.39, 0.29) is 24.3 Å². The Morgan fingerprint density at radius 1 is 1.03 bits per heavy atom. The summed E-state index contributed by atoms with van der Waals surface area (Å²) in [6.07, 6.45) is 4.90. The predicted molar refractivity (Wildman–Crippen MR) is 113 cm³/mol. The van der Waals surface area contributed by atoms with Crippen LogP contribution in [-0.4, -0.2) is 65.6 Å². The number of hydrogen-bond donors (Lipinski definition) is 6. The maximum absolute atomic E-state index is 9.14. The molecule has 1 rings (SSSR count). The fourth-order valence-electron chi connectivity index (χ4n) is 2.49. The normalized spacial score (nSPS) is 12.2. The van der Waals surface area contributed by atoms with Crippen LogP contribution in [0.3, 0.4) is 0 Å². The van der Waals surface area contributed by atoms with Gasteiger partial charge in [0.05, 0.1) is 18.0 Å². The lowest BCUT2D eigenvalue weighted by Gasteiger charge is -2.24. The van der Waals surface area contributed by atoms with Gasteiger partial charge in [-0.05, 0) is 37.9 Å². The summed E-state index contributed by atoms with van der Waals surface area (Å²) in [4.78, 5) is 3.66. The first-order chi connectivity index (χ1) is 13.9. The lowest BCUT2D eigenvalue weighted by Crippen LogP contribution is -2.48. The Labute approximate surface area is 175 Å². The molecule has 0 fully saturated rings. The van der Waals surface area contributed by atoms with Crippen molar-refractivity contribution in [1.29, 1.82) is 21.3 Å². The molecule has 158 valence electrons. The monoisotopic (exact) mass is 419 g/mol. The molecule has 1 aromatic heterocycles. The minimum absolute atomic E-state index is 0.0463. The van der Waals surface area contributed by atoms with Gasteiger partial charge in [-0.2, -0.15) is 14.9 Å². The fraction of sp³-hybridized carbons (Fsp3) is 0.588. The van der Waals surface area contributed by atoms with Crippen LogP contribution in [0.5, 0.6) is 0 Å². The number of guanidine groups is 2. The Hall–Kier alpha value is -2.93. The van der Waals surface area contributed by atoms with Crippen LogP contribution in [0.1, 0.15) is 24.4 Å². The third-order valence-electron chi connectivity index (χ3n) is 4.19. The first-order valence-corrected chi connectivity index (χ1v) is 9.97. The highest BCUT2D eigenvalue weighted by Gasteiger charge is 2.16. The van der Waals surface area contributed by atoms with Crippen LogP contribution in [0.25, 0.3) is 0 Å². The summed E-state index contributed by atoms with van der Waals surface area (Å²) in [6.45, 7) is 4.96. The molecule has 2 unspecified atom stereocenters. The second kappa shape index (κ2) is 12.5. The Balaban J connectivity index is 2.40. The zero-order valence-electron chi connectivity index (χ0n) is 17.2. The molecule has 0 aliphatic rings. The van der Waals surface area contributed by atoms with E-state index in [2.05, 4.69) is 31.7 Å². The van der Waals surface area contributed by atoms with E-state index in [1.165, 1.54) is 21.3 Å². The van der Waals surface area contributed by atoms with E-state index in [0.29, 0.717) is 13.1 Å². The van der Waals surface area contributed by atoms with Crippen LogP contribution in [0.2, 0.25) is 0 Å². The molecule has 12 heteroatoms. The van der Waals surface area contributed by atoms with Gasteiger partial charge < -0.3 is 10.6 Å². The van der Waals surface area contributed by atoms with Gasteiger partial charge in [0.1, 0.15) is 0 Å². The highest BCUT2D eigenvalue weighted by molar-refractivity contribution is 7.05. The van der Waals surface area contributed by atoms with Crippen molar-refractivity contribution in [3.05, 3.63) is 16.6 Å². The summed E-state index contributed by atoms with van der Waals surface area (Å²) < 4.78 is 4.45. The van der Waals surface area contributed by atoms with Crippen molar-refractivity contribution in [2.45, 2.75) is 39.0 Å². The van der Waals surface area contributed by atoms with Gasteiger partial charge in [0, 0.05) is 38.5 Å². The zero-order chi connectivity index (χ0) is 21.8. The van der Waals surface area contributed by atoms with E-state index >= 15 is 0 Å². The van der Waals surface area contributed by atoms with Crippen LogP contribution in [0, 0.1) is 33.7 Å². The maximum Gasteiger partial charge on any atom is 0.205 e. The van der Waals surface area contributed by atoms with Crippen LogP contribution < -0.4 is 21.3 Å². The first kappa shape index (κ1) is 24.1. The van der Waals surface area contributed by atoms with Crippen molar-refractivity contribution in [2.24, 2.45) is 0 Å². The Morgan fingerprint density at radius 3 is 1.97 bits per heavy atom. The maximum atomic E-state index is 9.14. The molecule has 0 aromatic carbocycles. The molecule has 0 amide bonds.